The van der Waals surface area contributed by atoms with Crippen molar-refractivity contribution in [3.05, 3.63) is 28.5 Å². The molecule has 0 aromatic rings. The van der Waals surface area contributed by atoms with Crippen LogP contribution in [0.5, 0.6) is 0 Å². The molecule has 0 aliphatic heterocycles. The van der Waals surface area contributed by atoms with Gasteiger partial charge in [0.1, 0.15) is 0 Å². The summed E-state index contributed by atoms with van der Waals surface area (Å²) in [7, 11) is 0.750. The fraction of sp³-hybridized carbons (Fsp3) is 0.722. The first-order valence-corrected chi connectivity index (χ1v) is 10.4. The Hall–Kier alpha value is -0.119. The first-order chi connectivity index (χ1) is 9.84. The molecule has 2 aliphatic carbocycles. The van der Waals surface area contributed by atoms with Crippen LogP contribution in [0, 0.1) is 17.9 Å². The number of rotatable bonds is 1. The molecular weight excluding hydrogens is 322 g/mol. The number of carbonyl (C=O) groups excluding carboxylic acids is 1. The van der Waals surface area contributed by atoms with E-state index in [4.69, 9.17) is 5.73 Å². The van der Waals surface area contributed by atoms with E-state index < -0.39 is 0 Å². The average Bonchev–Trinajstić information content (AvgIpc) is 2.68. The van der Waals surface area contributed by atoms with Crippen molar-refractivity contribution >= 4 is 15.4 Å². The molecule has 1 fully saturated rings. The largest absolute Gasteiger partial charge is 2.00 e. The summed E-state index contributed by atoms with van der Waals surface area (Å²) in [5, 5.41) is 0. The molecule has 1 amide bonds. The summed E-state index contributed by atoms with van der Waals surface area (Å²) >= 11 is 0. The molecule has 2 aliphatic rings. The maximum absolute atomic E-state index is 10.5. The zero-order chi connectivity index (χ0) is 16.4. The van der Waals surface area contributed by atoms with E-state index in [9.17, 15) is 4.79 Å². The Balaban J connectivity index is 0. The molecule has 0 saturated heterocycles. The van der Waals surface area contributed by atoms with Crippen molar-refractivity contribution in [1.29, 1.82) is 0 Å². The smallest absolute Gasteiger partial charge is 0.668 e. The molecule has 0 spiro atoms. The summed E-state index contributed by atoms with van der Waals surface area (Å²) in [5.41, 5.74) is 11.1. The zero-order valence-electron chi connectivity index (χ0n) is 15.2. The van der Waals surface area contributed by atoms with E-state index >= 15 is 0 Å². The average molecular weight is 354 g/mol. The van der Waals surface area contributed by atoms with Crippen molar-refractivity contribution in [3.63, 3.8) is 0 Å². The van der Waals surface area contributed by atoms with Gasteiger partial charge in [0.15, 0.2) is 0 Å². The summed E-state index contributed by atoms with van der Waals surface area (Å²) in [4.78, 5) is 10.5. The molecule has 0 aromatic carbocycles. The monoisotopic (exact) mass is 354 g/mol. The van der Waals surface area contributed by atoms with Crippen LogP contribution < -0.4 is 0 Å². The van der Waals surface area contributed by atoms with E-state index in [0.717, 1.165) is 35.2 Å². The second-order valence-corrected chi connectivity index (χ2v) is 7.23. The van der Waals surface area contributed by atoms with Crippen LogP contribution in [-0.2, 0) is 26.5 Å². The zero-order valence-corrected chi connectivity index (χ0v) is 17.9. The molecule has 1 unspecified atom stereocenters. The van der Waals surface area contributed by atoms with Gasteiger partial charge in [-0.25, -0.2) is 5.57 Å². The van der Waals surface area contributed by atoms with Crippen molar-refractivity contribution in [2.75, 3.05) is 0 Å². The van der Waals surface area contributed by atoms with Gasteiger partial charge in [-0.1, -0.05) is 59.0 Å². The van der Waals surface area contributed by atoms with Crippen LogP contribution in [0.15, 0.2) is 16.7 Å². The molecule has 2 rings (SSSR count). The number of hydrogen-bond acceptors (Lipinski definition) is 1. The normalized spacial score (nSPS) is 20.8. The molecular formula is C18H32NOSiTi. The maximum atomic E-state index is 10.5. The van der Waals surface area contributed by atoms with E-state index in [1.165, 1.54) is 23.1 Å². The van der Waals surface area contributed by atoms with E-state index in [0.29, 0.717) is 5.92 Å². The Bertz CT molecular complexity index is 385. The van der Waals surface area contributed by atoms with Gasteiger partial charge in [0.25, 0.3) is 0 Å². The summed E-state index contributed by atoms with van der Waals surface area (Å²) in [6.07, 6.45) is 8.83. The number of nitrogens with one attached hydrogen (secondary N) is 1. The van der Waals surface area contributed by atoms with Gasteiger partial charge < -0.3 is 10.5 Å². The maximum Gasteiger partial charge on any atom is 2.00 e. The van der Waals surface area contributed by atoms with Gasteiger partial charge in [-0.15, -0.1) is 6.92 Å². The second-order valence-electron chi connectivity index (χ2n) is 6.08. The first kappa shape index (κ1) is 24.1. The van der Waals surface area contributed by atoms with Crippen LogP contribution in [0.1, 0.15) is 59.8 Å². The third kappa shape index (κ3) is 9.12. The van der Waals surface area contributed by atoms with Crippen molar-refractivity contribution in [1.82, 2.24) is 0 Å². The fourth-order valence-electron chi connectivity index (χ4n) is 2.53. The minimum Gasteiger partial charge on any atom is -0.668 e. The van der Waals surface area contributed by atoms with E-state index in [2.05, 4.69) is 46.9 Å². The van der Waals surface area contributed by atoms with E-state index in [1.54, 1.807) is 0 Å². The predicted octanol–water partition coefficient (Wildman–Crippen LogP) is 5.38. The van der Waals surface area contributed by atoms with Gasteiger partial charge in [0, 0.05) is 15.4 Å². The van der Waals surface area contributed by atoms with Crippen LogP contribution in [0.4, 0.5) is 0 Å². The number of allylic oxidation sites excluding steroid dienone is 4. The van der Waals surface area contributed by atoms with Crippen molar-refractivity contribution in [3.8, 4) is 0 Å². The van der Waals surface area contributed by atoms with Gasteiger partial charge >= 0.3 is 21.7 Å². The fourth-order valence-corrected chi connectivity index (χ4v) is 2.53. The van der Waals surface area contributed by atoms with E-state index in [-0.39, 0.29) is 33.5 Å². The molecule has 0 aromatic heterocycles. The molecule has 1 atom stereocenters. The Kier molecular flexibility index (Phi) is 14.6. The second kappa shape index (κ2) is 13.3. The molecule has 1 radical (unpaired) electrons. The molecule has 123 valence electrons. The Morgan fingerprint density at radius 1 is 1.14 bits per heavy atom. The Morgan fingerprint density at radius 3 is 1.77 bits per heavy atom. The summed E-state index contributed by atoms with van der Waals surface area (Å²) < 4.78 is 0. The van der Waals surface area contributed by atoms with Crippen molar-refractivity contribution in [2.45, 2.75) is 72.9 Å². The van der Waals surface area contributed by atoms with Crippen LogP contribution >= 0.6 is 0 Å². The third-order valence-electron chi connectivity index (χ3n) is 4.21. The summed E-state index contributed by atoms with van der Waals surface area (Å²) in [5.74, 6) is 0.290. The quantitative estimate of drug-likeness (QED) is 0.460. The Labute approximate surface area is 155 Å². The van der Waals surface area contributed by atoms with Crippen LogP contribution in [0.25, 0.3) is 5.73 Å². The first-order valence-electron chi connectivity index (χ1n) is 8.12. The molecule has 0 heterocycles. The standard InChI is InChI=1S/C9H13.C7H13NO.C2H7Si.Ti/c1-6-5-7(2)9(4)8(6)3;8-7(9)6-4-2-1-3-5-6;1-3-2;/h6H,1-4H3;6H,1-5H2,(H2,8,9);3H,1-2H3;/q-1;;;+2/p-1. The SMILES string of the molecule is CC1=[C-]C(C)C(C)=C1C.C[SiH]C.[NH-]C(=O)C1CCCCC1.[Ti+2]. The van der Waals surface area contributed by atoms with Crippen LogP contribution in [0.3, 0.4) is 0 Å². The van der Waals surface area contributed by atoms with Gasteiger partial charge in [-0.05, 0) is 12.8 Å². The molecule has 0 bridgehead atoms. The van der Waals surface area contributed by atoms with Gasteiger partial charge in [0.2, 0.25) is 0 Å². The minimum atomic E-state index is -0.352. The van der Waals surface area contributed by atoms with Crippen LogP contribution in [0.2, 0.25) is 13.1 Å². The Morgan fingerprint density at radius 2 is 1.59 bits per heavy atom. The summed E-state index contributed by atoms with van der Waals surface area (Å²) in [6.45, 7) is 13.1. The number of carbonyl (C=O) groups is 1. The van der Waals surface area contributed by atoms with Gasteiger partial charge in [-0.3, -0.25) is 6.08 Å². The number of amides is 1. The van der Waals surface area contributed by atoms with Crippen molar-refractivity contribution in [2.24, 2.45) is 11.8 Å². The van der Waals surface area contributed by atoms with Crippen molar-refractivity contribution < 1.29 is 26.5 Å². The number of hydrogen-bond donors (Lipinski definition) is 0. The molecule has 22 heavy (non-hydrogen) atoms. The molecule has 1 saturated carbocycles. The minimum absolute atomic E-state index is 0. The predicted molar refractivity (Wildman–Crippen MR) is 94.7 cm³/mol. The van der Waals surface area contributed by atoms with Gasteiger partial charge in [-0.2, -0.15) is 11.1 Å². The molecule has 1 N–H and O–H groups in total. The molecule has 2 nitrogen and oxygen atoms in total. The van der Waals surface area contributed by atoms with Gasteiger partial charge in [0.05, 0.1) is 5.91 Å². The molecule has 4 heteroatoms. The summed E-state index contributed by atoms with van der Waals surface area (Å²) in [6, 6.07) is 0. The third-order valence-corrected chi connectivity index (χ3v) is 4.21. The van der Waals surface area contributed by atoms with E-state index in [1.807, 2.05) is 0 Å². The topological polar surface area (TPSA) is 40.9 Å². The van der Waals surface area contributed by atoms with Crippen LogP contribution in [-0.4, -0.2) is 15.4 Å².